The molecular weight excluding hydrogens is 335 g/mol. The molecule has 0 aliphatic rings. The monoisotopic (exact) mass is 353 g/mol. The maximum atomic E-state index is 12.8. The maximum Gasteiger partial charge on any atom is 0.416 e. The molecule has 0 saturated heterocycles. The van der Waals surface area contributed by atoms with Crippen LogP contribution in [0.3, 0.4) is 0 Å². The Hall–Kier alpha value is -2.70. The highest BCUT2D eigenvalue weighted by molar-refractivity contribution is 5.78. The summed E-state index contributed by atoms with van der Waals surface area (Å²) in [5.74, 6) is 0.448. The first-order valence-corrected chi connectivity index (χ1v) is 7.53. The fraction of sp³-hybridized carbons (Fsp3) is 0.278. The van der Waals surface area contributed by atoms with Crippen molar-refractivity contribution >= 4 is 5.91 Å². The van der Waals surface area contributed by atoms with Gasteiger partial charge in [-0.1, -0.05) is 24.3 Å². The summed E-state index contributed by atoms with van der Waals surface area (Å²) >= 11 is 0. The van der Waals surface area contributed by atoms with Crippen LogP contribution in [-0.2, 0) is 11.0 Å². The fourth-order valence-electron chi connectivity index (χ4n) is 2.23. The van der Waals surface area contributed by atoms with Crippen LogP contribution in [0.2, 0.25) is 0 Å². The maximum absolute atomic E-state index is 12.8. The average molecular weight is 353 g/mol. The van der Waals surface area contributed by atoms with Gasteiger partial charge in [-0.25, -0.2) is 0 Å². The minimum Gasteiger partial charge on any atom is -0.493 e. The van der Waals surface area contributed by atoms with Gasteiger partial charge in [0.1, 0.15) is 0 Å². The van der Waals surface area contributed by atoms with E-state index in [1.807, 2.05) is 0 Å². The van der Waals surface area contributed by atoms with Crippen LogP contribution in [0.25, 0.3) is 0 Å². The lowest BCUT2D eigenvalue weighted by molar-refractivity contribution is -0.137. The number of methoxy groups -OCH3 is 1. The summed E-state index contributed by atoms with van der Waals surface area (Å²) in [6.07, 6.45) is -4.42. The molecule has 0 aliphatic heterocycles. The smallest absolute Gasteiger partial charge is 0.416 e. The fourth-order valence-corrected chi connectivity index (χ4v) is 2.23. The zero-order chi connectivity index (χ0) is 18.4. The van der Waals surface area contributed by atoms with Gasteiger partial charge in [-0.2, -0.15) is 13.2 Å². The number of nitrogens with one attached hydrogen (secondary N) is 1. The number of hydrogen-bond donors (Lipinski definition) is 1. The second kappa shape index (κ2) is 7.92. The van der Waals surface area contributed by atoms with Crippen LogP contribution in [0.4, 0.5) is 13.2 Å². The highest BCUT2D eigenvalue weighted by atomic mass is 19.4. The van der Waals surface area contributed by atoms with Crippen molar-refractivity contribution in [1.82, 2.24) is 5.32 Å². The normalized spacial score (nSPS) is 12.4. The Bertz CT molecular complexity index is 732. The van der Waals surface area contributed by atoms with Crippen LogP contribution in [-0.4, -0.2) is 19.6 Å². The van der Waals surface area contributed by atoms with Crippen molar-refractivity contribution < 1.29 is 27.4 Å². The third-order valence-corrected chi connectivity index (χ3v) is 3.52. The van der Waals surface area contributed by atoms with E-state index in [-0.39, 0.29) is 6.61 Å². The van der Waals surface area contributed by atoms with E-state index in [1.54, 1.807) is 31.2 Å². The van der Waals surface area contributed by atoms with Crippen LogP contribution in [0.1, 0.15) is 24.1 Å². The lowest BCUT2D eigenvalue weighted by Crippen LogP contribution is -2.31. The quantitative estimate of drug-likeness (QED) is 0.855. The van der Waals surface area contributed by atoms with Crippen LogP contribution in [0, 0.1) is 0 Å². The molecule has 0 saturated carbocycles. The summed E-state index contributed by atoms with van der Waals surface area (Å²) in [4.78, 5) is 12.0. The topological polar surface area (TPSA) is 47.6 Å². The van der Waals surface area contributed by atoms with Crippen molar-refractivity contribution in [2.24, 2.45) is 0 Å². The molecule has 25 heavy (non-hydrogen) atoms. The first-order chi connectivity index (χ1) is 11.8. The van der Waals surface area contributed by atoms with E-state index < -0.39 is 23.7 Å². The number of alkyl halides is 3. The van der Waals surface area contributed by atoms with Gasteiger partial charge in [-0.05, 0) is 36.8 Å². The van der Waals surface area contributed by atoms with Gasteiger partial charge in [0.25, 0.3) is 5.91 Å². The molecule has 2 aromatic rings. The number of para-hydroxylation sites is 2. The molecule has 1 atom stereocenters. The highest BCUT2D eigenvalue weighted by Gasteiger charge is 2.30. The third kappa shape index (κ3) is 5.14. The minimum atomic E-state index is -4.42. The van der Waals surface area contributed by atoms with Crippen LogP contribution in [0.15, 0.2) is 48.5 Å². The number of amides is 1. The first-order valence-electron chi connectivity index (χ1n) is 7.53. The van der Waals surface area contributed by atoms with Gasteiger partial charge in [0.05, 0.1) is 18.7 Å². The molecule has 0 unspecified atom stereocenters. The van der Waals surface area contributed by atoms with Gasteiger partial charge in [0.15, 0.2) is 18.1 Å². The van der Waals surface area contributed by atoms with E-state index >= 15 is 0 Å². The number of ether oxygens (including phenoxy) is 2. The molecule has 2 aromatic carbocycles. The van der Waals surface area contributed by atoms with Gasteiger partial charge in [-0.15, -0.1) is 0 Å². The van der Waals surface area contributed by atoms with Crippen LogP contribution >= 0.6 is 0 Å². The zero-order valence-corrected chi connectivity index (χ0v) is 13.8. The van der Waals surface area contributed by atoms with Gasteiger partial charge < -0.3 is 14.8 Å². The van der Waals surface area contributed by atoms with Crippen molar-refractivity contribution in [3.63, 3.8) is 0 Å². The Kier molecular flexibility index (Phi) is 5.90. The lowest BCUT2D eigenvalue weighted by Gasteiger charge is -2.17. The van der Waals surface area contributed by atoms with Gasteiger partial charge in [-0.3, -0.25) is 4.79 Å². The summed E-state index contributed by atoms with van der Waals surface area (Å²) in [5.41, 5.74) is -0.392. The Morgan fingerprint density at radius 1 is 1.12 bits per heavy atom. The largest absolute Gasteiger partial charge is 0.493 e. The van der Waals surface area contributed by atoms with Gasteiger partial charge in [0, 0.05) is 0 Å². The molecule has 134 valence electrons. The molecule has 0 radical (unpaired) electrons. The van der Waals surface area contributed by atoms with Crippen molar-refractivity contribution in [3.8, 4) is 11.5 Å². The van der Waals surface area contributed by atoms with Crippen molar-refractivity contribution in [2.45, 2.75) is 19.1 Å². The van der Waals surface area contributed by atoms with Crippen molar-refractivity contribution in [2.75, 3.05) is 13.7 Å². The zero-order valence-electron chi connectivity index (χ0n) is 13.8. The SMILES string of the molecule is COc1ccccc1OCC(=O)N[C@H](C)c1cccc(C(F)(F)F)c1. The molecule has 1 N–H and O–H groups in total. The van der Waals surface area contributed by atoms with Crippen molar-refractivity contribution in [1.29, 1.82) is 0 Å². The van der Waals surface area contributed by atoms with Crippen LogP contribution in [0.5, 0.6) is 11.5 Å². The molecule has 7 heteroatoms. The Labute approximate surface area is 143 Å². The molecule has 0 aromatic heterocycles. The Morgan fingerprint density at radius 3 is 2.44 bits per heavy atom. The molecular formula is C18H18F3NO3. The number of halogens is 3. The van der Waals surface area contributed by atoms with E-state index in [4.69, 9.17) is 9.47 Å². The van der Waals surface area contributed by atoms with Crippen molar-refractivity contribution in [3.05, 3.63) is 59.7 Å². The molecule has 0 spiro atoms. The predicted octanol–water partition coefficient (Wildman–Crippen LogP) is 3.97. The van der Waals surface area contributed by atoms with E-state index in [0.717, 1.165) is 12.1 Å². The average Bonchev–Trinajstić information content (AvgIpc) is 2.59. The molecule has 4 nitrogen and oxygen atoms in total. The van der Waals surface area contributed by atoms with E-state index in [9.17, 15) is 18.0 Å². The van der Waals surface area contributed by atoms with E-state index in [0.29, 0.717) is 17.1 Å². The standard InChI is InChI=1S/C18H18F3NO3/c1-12(13-6-5-7-14(10-13)18(19,20)21)22-17(23)11-25-16-9-4-3-8-15(16)24-2/h3-10,12H,11H2,1-2H3,(H,22,23)/t12-/m1/s1. The number of benzene rings is 2. The summed E-state index contributed by atoms with van der Waals surface area (Å²) in [6, 6.07) is 11.1. The summed E-state index contributed by atoms with van der Waals surface area (Å²) < 4.78 is 48.8. The van der Waals surface area contributed by atoms with E-state index in [1.165, 1.54) is 19.2 Å². The van der Waals surface area contributed by atoms with Gasteiger partial charge in [0.2, 0.25) is 0 Å². The molecule has 0 aliphatic carbocycles. The molecule has 0 fully saturated rings. The molecule has 2 rings (SSSR count). The number of rotatable bonds is 6. The Morgan fingerprint density at radius 2 is 1.80 bits per heavy atom. The summed E-state index contributed by atoms with van der Waals surface area (Å²) in [5, 5.41) is 2.61. The number of carbonyl (C=O) groups is 1. The van der Waals surface area contributed by atoms with Gasteiger partial charge >= 0.3 is 6.18 Å². The molecule has 0 heterocycles. The molecule has 0 bridgehead atoms. The minimum absolute atomic E-state index is 0.274. The molecule has 1 amide bonds. The van der Waals surface area contributed by atoms with Crippen LogP contribution < -0.4 is 14.8 Å². The lowest BCUT2D eigenvalue weighted by atomic mass is 10.0. The summed E-state index contributed by atoms with van der Waals surface area (Å²) in [7, 11) is 1.48. The second-order valence-corrected chi connectivity index (χ2v) is 5.35. The number of carbonyl (C=O) groups excluding carboxylic acids is 1. The summed E-state index contributed by atoms with van der Waals surface area (Å²) in [6.45, 7) is 1.33. The Balaban J connectivity index is 1.96. The van der Waals surface area contributed by atoms with E-state index in [2.05, 4.69) is 5.32 Å². The number of hydrogen-bond acceptors (Lipinski definition) is 3. The third-order valence-electron chi connectivity index (χ3n) is 3.52. The second-order valence-electron chi connectivity index (χ2n) is 5.35. The predicted molar refractivity (Wildman–Crippen MR) is 86.5 cm³/mol. The first kappa shape index (κ1) is 18.6. The highest BCUT2D eigenvalue weighted by Crippen LogP contribution is 2.30.